The first-order valence-electron chi connectivity index (χ1n) is 9.50. The summed E-state index contributed by atoms with van der Waals surface area (Å²) in [5.41, 5.74) is 6.95. The molecule has 0 fully saturated rings. The van der Waals surface area contributed by atoms with Crippen LogP contribution in [0, 0.1) is 5.92 Å². The van der Waals surface area contributed by atoms with Gasteiger partial charge in [-0.1, -0.05) is 26.0 Å². The zero-order valence-electron chi connectivity index (χ0n) is 16.7. The van der Waals surface area contributed by atoms with Crippen LogP contribution in [0.25, 0.3) is 0 Å². The standard InChI is InChI=1S/C20H28FN3O2S2/c1-5-13(2)14-6-7-15(9-17(21)8-14)16-10-18(27-11-16)20(3)12-28(25,26)24(4)19(22)23-20/h6-8,10-11,13,15,17H,5,9,12H2,1-4H3,(H2,22,23). The van der Waals surface area contributed by atoms with Crippen LogP contribution >= 0.6 is 11.3 Å². The van der Waals surface area contributed by atoms with Crippen molar-refractivity contribution < 1.29 is 12.8 Å². The van der Waals surface area contributed by atoms with Gasteiger partial charge in [0, 0.05) is 17.8 Å². The molecule has 2 heterocycles. The number of hydrogen-bond donors (Lipinski definition) is 1. The van der Waals surface area contributed by atoms with Crippen LogP contribution in [0.5, 0.6) is 0 Å². The van der Waals surface area contributed by atoms with Crippen LogP contribution in [-0.2, 0) is 15.6 Å². The number of nitrogens with two attached hydrogens (primary N) is 1. The van der Waals surface area contributed by atoms with E-state index in [2.05, 4.69) is 24.9 Å². The molecule has 4 atom stereocenters. The molecule has 3 rings (SSSR count). The fourth-order valence-corrected chi connectivity index (χ4v) is 6.22. The molecule has 0 spiro atoms. The van der Waals surface area contributed by atoms with Crippen molar-refractivity contribution in [1.82, 2.24) is 4.31 Å². The largest absolute Gasteiger partial charge is 0.369 e. The topological polar surface area (TPSA) is 75.8 Å². The highest BCUT2D eigenvalue weighted by molar-refractivity contribution is 7.89. The molecule has 8 heteroatoms. The molecule has 1 aromatic rings. The minimum atomic E-state index is -3.51. The maximum Gasteiger partial charge on any atom is 0.239 e. The molecule has 4 unspecified atom stereocenters. The summed E-state index contributed by atoms with van der Waals surface area (Å²) in [7, 11) is -2.10. The summed E-state index contributed by atoms with van der Waals surface area (Å²) >= 11 is 1.45. The molecule has 1 aliphatic heterocycles. The summed E-state index contributed by atoms with van der Waals surface area (Å²) in [6.07, 6.45) is 6.18. The minimum absolute atomic E-state index is 0.00993. The average molecular weight is 426 g/mol. The summed E-state index contributed by atoms with van der Waals surface area (Å²) < 4.78 is 40.4. The van der Waals surface area contributed by atoms with Crippen LogP contribution in [0.2, 0.25) is 0 Å². The van der Waals surface area contributed by atoms with Gasteiger partial charge in [-0.15, -0.1) is 11.3 Å². The summed E-state index contributed by atoms with van der Waals surface area (Å²) in [5.74, 6) is 0.130. The number of sulfonamides is 1. The molecule has 5 nitrogen and oxygen atoms in total. The molecular weight excluding hydrogens is 397 g/mol. The molecule has 0 radical (unpaired) electrons. The number of aliphatic imine (C=N–C) groups is 1. The van der Waals surface area contributed by atoms with E-state index in [1.165, 1.54) is 18.4 Å². The van der Waals surface area contributed by atoms with Crippen LogP contribution in [0.4, 0.5) is 4.39 Å². The summed E-state index contributed by atoms with van der Waals surface area (Å²) in [6, 6.07) is 1.96. The van der Waals surface area contributed by atoms with Gasteiger partial charge >= 0.3 is 0 Å². The summed E-state index contributed by atoms with van der Waals surface area (Å²) in [4.78, 5) is 5.27. The number of allylic oxidation sites excluding steroid dienone is 4. The minimum Gasteiger partial charge on any atom is -0.369 e. The Morgan fingerprint density at radius 3 is 2.86 bits per heavy atom. The van der Waals surface area contributed by atoms with Gasteiger partial charge in [-0.25, -0.2) is 22.1 Å². The van der Waals surface area contributed by atoms with Crippen molar-refractivity contribution in [2.75, 3.05) is 12.8 Å². The lowest BCUT2D eigenvalue weighted by molar-refractivity contribution is 0.366. The molecule has 0 saturated heterocycles. The van der Waals surface area contributed by atoms with Crippen LogP contribution in [0.3, 0.4) is 0 Å². The van der Waals surface area contributed by atoms with E-state index in [9.17, 15) is 12.8 Å². The molecule has 1 aliphatic carbocycles. The predicted molar refractivity (Wildman–Crippen MR) is 114 cm³/mol. The Morgan fingerprint density at radius 1 is 1.50 bits per heavy atom. The Kier molecular flexibility index (Phi) is 5.74. The Labute approximate surface area is 170 Å². The van der Waals surface area contributed by atoms with E-state index in [1.807, 2.05) is 17.5 Å². The summed E-state index contributed by atoms with van der Waals surface area (Å²) in [6.45, 7) is 5.99. The van der Waals surface area contributed by atoms with Gasteiger partial charge in [-0.2, -0.15) is 0 Å². The van der Waals surface area contributed by atoms with Crippen LogP contribution < -0.4 is 5.73 Å². The Balaban J connectivity index is 1.89. The lowest BCUT2D eigenvalue weighted by Gasteiger charge is -2.33. The molecule has 2 N–H and O–H groups in total. The van der Waals surface area contributed by atoms with Crippen molar-refractivity contribution in [2.45, 2.75) is 51.2 Å². The van der Waals surface area contributed by atoms with Gasteiger partial charge in [-0.3, -0.25) is 0 Å². The van der Waals surface area contributed by atoms with Crippen molar-refractivity contribution >= 4 is 27.3 Å². The van der Waals surface area contributed by atoms with E-state index in [0.29, 0.717) is 12.3 Å². The molecule has 1 aromatic heterocycles. The van der Waals surface area contributed by atoms with Gasteiger partial charge in [0.2, 0.25) is 16.0 Å². The van der Waals surface area contributed by atoms with Crippen molar-refractivity contribution in [2.24, 2.45) is 16.6 Å². The Bertz CT molecular complexity index is 935. The maximum absolute atomic E-state index is 14.5. The maximum atomic E-state index is 14.5. The number of halogens is 1. The number of guanidine groups is 1. The lowest BCUT2D eigenvalue weighted by Crippen LogP contribution is -2.50. The van der Waals surface area contributed by atoms with Gasteiger partial charge in [0.15, 0.2) is 0 Å². The fourth-order valence-electron chi connectivity index (χ4n) is 3.60. The van der Waals surface area contributed by atoms with Crippen LogP contribution in [-0.4, -0.2) is 37.7 Å². The molecule has 154 valence electrons. The number of nitrogens with zero attached hydrogens (tertiary/aromatic N) is 2. The van der Waals surface area contributed by atoms with Crippen molar-refractivity contribution in [3.8, 4) is 0 Å². The van der Waals surface area contributed by atoms with Crippen LogP contribution in [0.15, 0.2) is 40.2 Å². The average Bonchev–Trinajstić information content (AvgIpc) is 3.04. The van der Waals surface area contributed by atoms with Gasteiger partial charge in [0.05, 0.1) is 5.75 Å². The summed E-state index contributed by atoms with van der Waals surface area (Å²) in [5, 5.41) is 1.98. The number of thiophene rings is 1. The van der Waals surface area contributed by atoms with Gasteiger partial charge in [0.1, 0.15) is 11.7 Å². The van der Waals surface area contributed by atoms with Gasteiger partial charge in [0.25, 0.3) is 0 Å². The second-order valence-corrected chi connectivity index (χ2v) is 10.8. The number of alkyl halides is 1. The third-order valence-corrected chi connectivity index (χ3v) is 8.85. The predicted octanol–water partition coefficient (Wildman–Crippen LogP) is 3.91. The Hall–Kier alpha value is -1.67. The highest BCUT2D eigenvalue weighted by Gasteiger charge is 2.41. The zero-order valence-corrected chi connectivity index (χ0v) is 18.4. The molecule has 0 aromatic carbocycles. The van der Waals surface area contributed by atoms with Crippen molar-refractivity contribution in [1.29, 1.82) is 0 Å². The SMILES string of the molecule is CCC(C)C1=CC(F)CC(c2csc(C3(C)CS(=O)(=O)N(C)C(N)=N3)c2)C=C1. The quantitative estimate of drug-likeness (QED) is 0.795. The number of hydrogen-bond acceptors (Lipinski definition) is 5. The second kappa shape index (κ2) is 7.63. The van der Waals surface area contributed by atoms with Crippen molar-refractivity contribution in [3.63, 3.8) is 0 Å². The molecule has 0 saturated carbocycles. The third-order valence-electron chi connectivity index (χ3n) is 5.70. The van der Waals surface area contributed by atoms with E-state index < -0.39 is 21.7 Å². The zero-order chi connectivity index (χ0) is 20.7. The van der Waals surface area contributed by atoms with Gasteiger partial charge < -0.3 is 5.73 Å². The molecule has 0 amide bonds. The first-order chi connectivity index (χ1) is 13.1. The first-order valence-corrected chi connectivity index (χ1v) is 12.0. The molecular formula is C20H28FN3O2S2. The monoisotopic (exact) mass is 425 g/mol. The normalized spacial score (nSPS) is 31.1. The fraction of sp³-hybridized carbons (Fsp3) is 0.550. The lowest BCUT2D eigenvalue weighted by atomic mass is 9.94. The molecule has 28 heavy (non-hydrogen) atoms. The van der Waals surface area contributed by atoms with E-state index in [4.69, 9.17) is 5.73 Å². The van der Waals surface area contributed by atoms with E-state index >= 15 is 0 Å². The number of rotatable bonds is 4. The van der Waals surface area contributed by atoms with Crippen molar-refractivity contribution in [3.05, 3.63) is 45.7 Å². The van der Waals surface area contributed by atoms with E-state index in [1.54, 1.807) is 13.0 Å². The molecule has 2 aliphatic rings. The van der Waals surface area contributed by atoms with E-state index in [-0.39, 0.29) is 17.6 Å². The first kappa shape index (κ1) is 21.0. The Morgan fingerprint density at radius 2 is 2.21 bits per heavy atom. The second-order valence-electron chi connectivity index (χ2n) is 7.91. The van der Waals surface area contributed by atoms with Crippen LogP contribution in [0.1, 0.15) is 50.0 Å². The molecule has 0 bridgehead atoms. The smallest absolute Gasteiger partial charge is 0.239 e. The highest BCUT2D eigenvalue weighted by atomic mass is 32.2. The van der Waals surface area contributed by atoms with E-state index in [0.717, 1.165) is 26.7 Å². The highest BCUT2D eigenvalue weighted by Crippen LogP contribution is 2.39. The third kappa shape index (κ3) is 4.03. The van der Waals surface area contributed by atoms with Gasteiger partial charge in [-0.05, 0) is 54.3 Å².